The summed E-state index contributed by atoms with van der Waals surface area (Å²) in [6.07, 6.45) is 0.667. The summed E-state index contributed by atoms with van der Waals surface area (Å²) < 4.78 is 4.80. The van der Waals surface area contributed by atoms with Gasteiger partial charge in [0.2, 0.25) is 0 Å². The van der Waals surface area contributed by atoms with E-state index in [0.717, 1.165) is 0 Å². The molecule has 0 bridgehead atoms. The first-order chi connectivity index (χ1) is 6.41. The number of rotatable bonds is 6. The van der Waals surface area contributed by atoms with Crippen molar-refractivity contribution in [3.63, 3.8) is 0 Å². The van der Waals surface area contributed by atoms with Gasteiger partial charge in [-0.1, -0.05) is 6.92 Å². The molecule has 1 atom stereocenters. The molecule has 0 aromatic rings. The zero-order chi connectivity index (χ0) is 11.2. The number of hydrogen-bond donors (Lipinski definition) is 1. The van der Waals surface area contributed by atoms with Crippen LogP contribution in [-0.2, 0) is 9.53 Å². The molecule has 0 saturated carbocycles. The van der Waals surface area contributed by atoms with Gasteiger partial charge < -0.3 is 9.84 Å². The summed E-state index contributed by atoms with van der Waals surface area (Å²) in [6, 6.07) is 0. The quantitative estimate of drug-likeness (QED) is 0.644. The highest BCUT2D eigenvalue weighted by Crippen LogP contribution is 2.09. The van der Waals surface area contributed by atoms with Crippen LogP contribution in [0.25, 0.3) is 0 Å². The van der Waals surface area contributed by atoms with Crippen molar-refractivity contribution in [2.45, 2.75) is 32.8 Å². The Hall–Kier alpha value is -0.610. The predicted octanol–water partition coefficient (Wildman–Crippen LogP) is 0.642. The molecule has 0 heterocycles. The maximum Gasteiger partial charge on any atom is 0.320 e. The molecular weight excluding hydrogens is 182 g/mol. The maximum atomic E-state index is 11.1. The Morgan fingerprint density at radius 1 is 1.50 bits per heavy atom. The number of carbonyl (C=O) groups is 1. The highest BCUT2D eigenvalue weighted by molar-refractivity contribution is 5.71. The summed E-state index contributed by atoms with van der Waals surface area (Å²) in [5.41, 5.74) is -0.735. The lowest BCUT2D eigenvalue weighted by atomic mass is 10.0. The van der Waals surface area contributed by atoms with Crippen molar-refractivity contribution in [1.29, 1.82) is 0 Å². The average Bonchev–Trinajstić information content (AvgIpc) is 2.03. The number of carbonyl (C=O) groups excluding carboxylic acids is 1. The molecule has 0 fully saturated rings. The van der Waals surface area contributed by atoms with Crippen LogP contribution in [0, 0.1) is 0 Å². The van der Waals surface area contributed by atoms with Crippen molar-refractivity contribution in [2.24, 2.45) is 0 Å². The van der Waals surface area contributed by atoms with Crippen molar-refractivity contribution in [3.05, 3.63) is 0 Å². The van der Waals surface area contributed by atoms with Crippen molar-refractivity contribution >= 4 is 5.97 Å². The lowest BCUT2D eigenvalue weighted by Crippen LogP contribution is -2.40. The van der Waals surface area contributed by atoms with Crippen LogP contribution in [0.15, 0.2) is 0 Å². The van der Waals surface area contributed by atoms with Gasteiger partial charge in [-0.25, -0.2) is 0 Å². The number of aliphatic hydroxyl groups is 1. The highest BCUT2D eigenvalue weighted by atomic mass is 16.5. The zero-order valence-electron chi connectivity index (χ0n) is 9.54. The van der Waals surface area contributed by atoms with Gasteiger partial charge in [0, 0.05) is 6.54 Å². The lowest BCUT2D eigenvalue weighted by molar-refractivity contribution is -0.144. The van der Waals surface area contributed by atoms with Gasteiger partial charge in [-0.3, -0.25) is 9.69 Å². The molecule has 4 heteroatoms. The van der Waals surface area contributed by atoms with E-state index in [2.05, 4.69) is 0 Å². The van der Waals surface area contributed by atoms with Crippen molar-refractivity contribution in [2.75, 3.05) is 26.7 Å². The lowest BCUT2D eigenvalue weighted by Gasteiger charge is -2.27. The van der Waals surface area contributed by atoms with E-state index in [1.807, 2.05) is 6.92 Å². The Balaban J connectivity index is 3.86. The summed E-state index contributed by atoms with van der Waals surface area (Å²) in [5, 5.41) is 9.74. The van der Waals surface area contributed by atoms with Crippen LogP contribution >= 0.6 is 0 Å². The van der Waals surface area contributed by atoms with Gasteiger partial charge >= 0.3 is 5.97 Å². The molecule has 0 saturated heterocycles. The SMILES string of the molecule is CCOC(=O)CN(C)CC(C)(O)CC. The van der Waals surface area contributed by atoms with E-state index in [4.69, 9.17) is 4.74 Å². The molecule has 0 rings (SSSR count). The van der Waals surface area contributed by atoms with Gasteiger partial charge in [-0.2, -0.15) is 0 Å². The number of likely N-dealkylation sites (N-methyl/N-ethyl adjacent to an activating group) is 1. The van der Waals surface area contributed by atoms with Crippen LogP contribution in [-0.4, -0.2) is 48.3 Å². The van der Waals surface area contributed by atoms with E-state index >= 15 is 0 Å². The molecule has 0 amide bonds. The van der Waals surface area contributed by atoms with Crippen LogP contribution in [0.5, 0.6) is 0 Å². The van der Waals surface area contributed by atoms with E-state index in [1.165, 1.54) is 0 Å². The third kappa shape index (κ3) is 5.94. The van der Waals surface area contributed by atoms with Gasteiger partial charge in [0.15, 0.2) is 0 Å². The summed E-state index contributed by atoms with van der Waals surface area (Å²) in [5.74, 6) is -0.248. The van der Waals surface area contributed by atoms with Crippen LogP contribution in [0.1, 0.15) is 27.2 Å². The molecule has 0 aromatic carbocycles. The Morgan fingerprint density at radius 3 is 2.50 bits per heavy atom. The van der Waals surface area contributed by atoms with Gasteiger partial charge in [0.25, 0.3) is 0 Å². The fraction of sp³-hybridized carbons (Fsp3) is 0.900. The third-order valence-electron chi connectivity index (χ3n) is 2.08. The van der Waals surface area contributed by atoms with Gasteiger partial charge in [-0.15, -0.1) is 0 Å². The Kier molecular flexibility index (Phi) is 5.72. The van der Waals surface area contributed by atoms with Crippen LogP contribution < -0.4 is 0 Å². The summed E-state index contributed by atoms with van der Waals surface area (Å²) in [4.78, 5) is 12.8. The van der Waals surface area contributed by atoms with E-state index in [1.54, 1.807) is 25.8 Å². The minimum Gasteiger partial charge on any atom is -0.465 e. The molecule has 0 radical (unpaired) electrons. The van der Waals surface area contributed by atoms with Crippen molar-refractivity contribution in [1.82, 2.24) is 4.90 Å². The van der Waals surface area contributed by atoms with E-state index in [9.17, 15) is 9.90 Å². The highest BCUT2D eigenvalue weighted by Gasteiger charge is 2.21. The molecular formula is C10H21NO3. The Bertz CT molecular complexity index is 180. The largest absolute Gasteiger partial charge is 0.465 e. The summed E-state index contributed by atoms with van der Waals surface area (Å²) in [6.45, 7) is 6.55. The van der Waals surface area contributed by atoms with Crippen LogP contribution in [0.3, 0.4) is 0 Å². The van der Waals surface area contributed by atoms with Crippen LogP contribution in [0.2, 0.25) is 0 Å². The molecule has 4 nitrogen and oxygen atoms in total. The Morgan fingerprint density at radius 2 is 2.07 bits per heavy atom. The predicted molar refractivity (Wildman–Crippen MR) is 55.0 cm³/mol. The van der Waals surface area contributed by atoms with Crippen LogP contribution in [0.4, 0.5) is 0 Å². The fourth-order valence-electron chi connectivity index (χ4n) is 1.18. The second-order valence-electron chi connectivity index (χ2n) is 3.83. The molecule has 1 N–H and O–H groups in total. The number of ether oxygens (including phenoxy) is 1. The van der Waals surface area contributed by atoms with Gasteiger partial charge in [0.05, 0.1) is 18.8 Å². The van der Waals surface area contributed by atoms with Crippen molar-refractivity contribution < 1.29 is 14.6 Å². The van der Waals surface area contributed by atoms with E-state index < -0.39 is 5.60 Å². The molecule has 0 aliphatic heterocycles. The second-order valence-corrected chi connectivity index (χ2v) is 3.83. The molecule has 0 aliphatic rings. The normalized spacial score (nSPS) is 15.3. The van der Waals surface area contributed by atoms with Gasteiger partial charge in [-0.05, 0) is 27.3 Å². The first-order valence-corrected chi connectivity index (χ1v) is 4.98. The number of esters is 1. The molecule has 1 unspecified atom stereocenters. The molecule has 84 valence electrons. The molecule has 0 aromatic heterocycles. The first kappa shape index (κ1) is 13.4. The minimum atomic E-state index is -0.735. The zero-order valence-corrected chi connectivity index (χ0v) is 9.54. The molecule has 0 aliphatic carbocycles. The Labute approximate surface area is 85.9 Å². The average molecular weight is 203 g/mol. The monoisotopic (exact) mass is 203 g/mol. The summed E-state index contributed by atoms with van der Waals surface area (Å²) >= 11 is 0. The fourth-order valence-corrected chi connectivity index (χ4v) is 1.18. The topological polar surface area (TPSA) is 49.8 Å². The van der Waals surface area contributed by atoms with Crippen molar-refractivity contribution in [3.8, 4) is 0 Å². The summed E-state index contributed by atoms with van der Waals surface area (Å²) in [7, 11) is 1.79. The maximum absolute atomic E-state index is 11.1. The number of nitrogens with zero attached hydrogens (tertiary/aromatic N) is 1. The standard InChI is InChI=1S/C10H21NO3/c1-5-10(3,13)8-11(4)7-9(12)14-6-2/h13H,5-8H2,1-4H3. The van der Waals surface area contributed by atoms with Gasteiger partial charge in [0.1, 0.15) is 0 Å². The smallest absolute Gasteiger partial charge is 0.320 e. The second kappa shape index (κ2) is 5.98. The minimum absolute atomic E-state index is 0.226. The van der Waals surface area contributed by atoms with E-state index in [0.29, 0.717) is 19.6 Å². The molecule has 14 heavy (non-hydrogen) atoms. The van der Waals surface area contributed by atoms with E-state index in [-0.39, 0.29) is 12.5 Å². The third-order valence-corrected chi connectivity index (χ3v) is 2.08. The number of hydrogen-bond acceptors (Lipinski definition) is 4. The molecule has 0 spiro atoms. The first-order valence-electron chi connectivity index (χ1n) is 4.98.